The third-order valence-corrected chi connectivity index (χ3v) is 7.00. The summed E-state index contributed by atoms with van der Waals surface area (Å²) in [6.45, 7) is 13.9. The number of ether oxygens (including phenoxy) is 1. The van der Waals surface area contributed by atoms with Crippen LogP contribution in [0.1, 0.15) is 101 Å². The molecule has 0 radical (unpaired) electrons. The highest BCUT2D eigenvalue weighted by atomic mass is 16.5. The maximum atomic E-state index is 5.72. The van der Waals surface area contributed by atoms with Gasteiger partial charge in [-0.2, -0.15) is 0 Å². The van der Waals surface area contributed by atoms with Crippen LogP contribution in [0.5, 0.6) is 5.75 Å². The quantitative estimate of drug-likeness (QED) is 0.233. The summed E-state index contributed by atoms with van der Waals surface area (Å²) in [4.78, 5) is 10.5. The van der Waals surface area contributed by atoms with E-state index >= 15 is 0 Å². The third-order valence-electron chi connectivity index (χ3n) is 7.00. The monoisotopic (exact) mass is 472 g/mol. The first-order chi connectivity index (χ1) is 17.1. The third kappa shape index (κ3) is 6.51. The second-order valence-corrected chi connectivity index (χ2v) is 9.49. The first-order valence-corrected chi connectivity index (χ1v) is 13.8. The van der Waals surface area contributed by atoms with E-state index in [0.717, 1.165) is 41.4 Å². The van der Waals surface area contributed by atoms with E-state index in [1.165, 1.54) is 60.8 Å². The van der Waals surface area contributed by atoms with Crippen LogP contribution < -0.4 is 4.74 Å². The van der Waals surface area contributed by atoms with Crippen molar-refractivity contribution in [1.82, 2.24) is 9.97 Å². The standard InChI is InChI=1S/C32H44N2O/c1-7-12-13-16-26(15-8-2)29-23(6)33-32(30-24(9-3)17-14-18-25(30)10-4)34-31(29)27-19-21-28(22-20-27)35-11-5/h14,17-22,26H,7-13,15-16H2,1-6H3. The summed E-state index contributed by atoms with van der Waals surface area (Å²) in [5.74, 6) is 2.25. The van der Waals surface area contributed by atoms with Gasteiger partial charge in [-0.15, -0.1) is 0 Å². The Labute approximate surface area is 213 Å². The van der Waals surface area contributed by atoms with Crippen molar-refractivity contribution >= 4 is 0 Å². The van der Waals surface area contributed by atoms with Gasteiger partial charge in [-0.25, -0.2) is 9.97 Å². The molecule has 0 aliphatic heterocycles. The van der Waals surface area contributed by atoms with Crippen molar-refractivity contribution in [3.05, 3.63) is 64.8 Å². The van der Waals surface area contributed by atoms with Gasteiger partial charge < -0.3 is 4.74 Å². The van der Waals surface area contributed by atoms with E-state index in [-0.39, 0.29) is 0 Å². The van der Waals surface area contributed by atoms with E-state index in [4.69, 9.17) is 14.7 Å². The van der Waals surface area contributed by atoms with Gasteiger partial charge in [0.05, 0.1) is 12.3 Å². The van der Waals surface area contributed by atoms with Gasteiger partial charge in [0, 0.05) is 22.4 Å². The van der Waals surface area contributed by atoms with Crippen LogP contribution in [0, 0.1) is 6.92 Å². The summed E-state index contributed by atoms with van der Waals surface area (Å²) >= 11 is 0. The lowest BCUT2D eigenvalue weighted by Crippen LogP contribution is -2.10. The number of rotatable bonds is 13. The molecule has 1 unspecified atom stereocenters. The molecule has 35 heavy (non-hydrogen) atoms. The van der Waals surface area contributed by atoms with E-state index < -0.39 is 0 Å². The molecule has 3 nitrogen and oxygen atoms in total. The zero-order valence-electron chi connectivity index (χ0n) is 22.8. The average Bonchev–Trinajstić information content (AvgIpc) is 2.88. The van der Waals surface area contributed by atoms with Gasteiger partial charge in [0.15, 0.2) is 5.82 Å². The maximum absolute atomic E-state index is 5.72. The highest BCUT2D eigenvalue weighted by Gasteiger charge is 2.23. The summed E-state index contributed by atoms with van der Waals surface area (Å²) in [5.41, 5.74) is 8.57. The molecular formula is C32H44N2O. The van der Waals surface area contributed by atoms with Crippen LogP contribution in [0.2, 0.25) is 0 Å². The van der Waals surface area contributed by atoms with Crippen molar-refractivity contribution in [1.29, 1.82) is 0 Å². The molecule has 0 aliphatic carbocycles. The van der Waals surface area contributed by atoms with Crippen LogP contribution in [0.25, 0.3) is 22.6 Å². The predicted molar refractivity (Wildman–Crippen MR) is 149 cm³/mol. The minimum Gasteiger partial charge on any atom is -0.494 e. The lowest BCUT2D eigenvalue weighted by Gasteiger charge is -2.23. The van der Waals surface area contributed by atoms with Crippen LogP contribution in [0.15, 0.2) is 42.5 Å². The molecule has 2 aromatic carbocycles. The second-order valence-electron chi connectivity index (χ2n) is 9.49. The van der Waals surface area contributed by atoms with Crippen molar-refractivity contribution in [2.45, 2.75) is 98.8 Å². The highest BCUT2D eigenvalue weighted by Crippen LogP contribution is 2.38. The Morgan fingerprint density at radius 2 is 1.46 bits per heavy atom. The molecule has 3 rings (SSSR count). The lowest BCUT2D eigenvalue weighted by molar-refractivity contribution is 0.340. The molecule has 1 aromatic heterocycles. The number of nitrogens with zero attached hydrogens (tertiary/aromatic N) is 2. The fraction of sp³-hybridized carbons (Fsp3) is 0.500. The molecule has 1 atom stereocenters. The van der Waals surface area contributed by atoms with Crippen LogP contribution in [0.4, 0.5) is 0 Å². The summed E-state index contributed by atoms with van der Waals surface area (Å²) in [6, 6.07) is 15.1. The molecule has 0 saturated heterocycles. The van der Waals surface area contributed by atoms with Crippen LogP contribution in [-0.4, -0.2) is 16.6 Å². The van der Waals surface area contributed by atoms with Crippen molar-refractivity contribution < 1.29 is 4.74 Å². The maximum Gasteiger partial charge on any atom is 0.160 e. The molecule has 1 heterocycles. The number of hydrogen-bond donors (Lipinski definition) is 0. The van der Waals surface area contributed by atoms with Crippen molar-refractivity contribution in [3.63, 3.8) is 0 Å². The SMILES string of the molecule is CCCCCC(CCC)c1c(C)nc(-c2c(CC)cccc2CC)nc1-c1ccc(OCC)cc1. The molecule has 0 bridgehead atoms. The molecule has 188 valence electrons. The normalized spacial score (nSPS) is 12.1. The number of aryl methyl sites for hydroxylation is 3. The van der Waals surface area contributed by atoms with Crippen LogP contribution >= 0.6 is 0 Å². The zero-order valence-corrected chi connectivity index (χ0v) is 22.8. The Bertz CT molecular complexity index is 1050. The van der Waals surface area contributed by atoms with Crippen molar-refractivity contribution in [2.75, 3.05) is 6.61 Å². The molecule has 3 heteroatoms. The minimum atomic E-state index is 0.481. The lowest BCUT2D eigenvalue weighted by atomic mass is 9.85. The molecule has 0 fully saturated rings. The molecule has 0 spiro atoms. The first-order valence-electron chi connectivity index (χ1n) is 13.8. The molecular weight excluding hydrogens is 428 g/mol. The Balaban J connectivity index is 2.22. The molecule has 0 amide bonds. The number of hydrogen-bond acceptors (Lipinski definition) is 3. The van der Waals surface area contributed by atoms with Crippen LogP contribution in [-0.2, 0) is 12.8 Å². The Kier molecular flexibility index (Phi) is 10.3. The largest absolute Gasteiger partial charge is 0.494 e. The Morgan fingerprint density at radius 3 is 2.03 bits per heavy atom. The fourth-order valence-electron chi connectivity index (χ4n) is 5.23. The van der Waals surface area contributed by atoms with Gasteiger partial charge in [0.1, 0.15) is 5.75 Å². The number of aromatic nitrogens is 2. The minimum absolute atomic E-state index is 0.481. The molecule has 0 aliphatic rings. The summed E-state index contributed by atoms with van der Waals surface area (Å²) < 4.78 is 5.72. The second kappa shape index (κ2) is 13.4. The van der Waals surface area contributed by atoms with E-state index in [1.54, 1.807) is 0 Å². The van der Waals surface area contributed by atoms with E-state index in [0.29, 0.717) is 12.5 Å². The Morgan fingerprint density at radius 1 is 0.771 bits per heavy atom. The summed E-state index contributed by atoms with van der Waals surface area (Å²) in [7, 11) is 0. The smallest absolute Gasteiger partial charge is 0.160 e. The van der Waals surface area contributed by atoms with Gasteiger partial charge in [-0.05, 0) is 80.8 Å². The molecule has 0 N–H and O–H groups in total. The van der Waals surface area contributed by atoms with Gasteiger partial charge in [-0.1, -0.05) is 71.6 Å². The average molecular weight is 473 g/mol. The topological polar surface area (TPSA) is 35.0 Å². The zero-order chi connectivity index (χ0) is 25.2. The van der Waals surface area contributed by atoms with Gasteiger partial charge in [0.2, 0.25) is 0 Å². The van der Waals surface area contributed by atoms with Crippen molar-refractivity contribution in [2.24, 2.45) is 0 Å². The Hall–Kier alpha value is -2.68. The highest BCUT2D eigenvalue weighted by molar-refractivity contribution is 5.72. The summed E-state index contributed by atoms with van der Waals surface area (Å²) in [5, 5.41) is 0. The number of benzene rings is 2. The van der Waals surface area contributed by atoms with Gasteiger partial charge in [0.25, 0.3) is 0 Å². The molecule has 3 aromatic rings. The first kappa shape index (κ1) is 26.9. The van der Waals surface area contributed by atoms with E-state index in [2.05, 4.69) is 77.1 Å². The van der Waals surface area contributed by atoms with E-state index in [1.807, 2.05) is 6.92 Å². The van der Waals surface area contributed by atoms with Gasteiger partial charge >= 0.3 is 0 Å². The predicted octanol–water partition coefficient (Wildman–Crippen LogP) is 9.11. The van der Waals surface area contributed by atoms with Gasteiger partial charge in [-0.3, -0.25) is 0 Å². The summed E-state index contributed by atoms with van der Waals surface area (Å²) in [6.07, 6.45) is 9.25. The molecule has 0 saturated carbocycles. The van der Waals surface area contributed by atoms with Crippen molar-refractivity contribution in [3.8, 4) is 28.4 Å². The van der Waals surface area contributed by atoms with E-state index in [9.17, 15) is 0 Å². The number of unbranched alkanes of at least 4 members (excludes halogenated alkanes) is 2. The fourth-order valence-corrected chi connectivity index (χ4v) is 5.23. The van der Waals surface area contributed by atoms with Crippen LogP contribution in [0.3, 0.4) is 0 Å².